The molecular weight excluding hydrogens is 235 g/mol. The van der Waals surface area contributed by atoms with E-state index in [9.17, 15) is 18.0 Å². The molecule has 3 nitrogen and oxygen atoms in total. The van der Waals surface area contributed by atoms with Crippen LogP contribution in [0.1, 0.15) is 12.0 Å². The van der Waals surface area contributed by atoms with Crippen molar-refractivity contribution in [2.24, 2.45) is 0 Å². The summed E-state index contributed by atoms with van der Waals surface area (Å²) in [6.07, 6.45) is -3.87. The number of benzene rings is 1. The predicted octanol–water partition coefficient (Wildman–Crippen LogP) is 2.00. The van der Waals surface area contributed by atoms with Crippen LogP contribution in [-0.2, 0) is 11.2 Å². The highest BCUT2D eigenvalue weighted by molar-refractivity contribution is 5.81. The second kappa shape index (κ2) is 5.56. The molecule has 0 radical (unpaired) electrons. The van der Waals surface area contributed by atoms with Crippen molar-refractivity contribution in [3.63, 3.8) is 0 Å². The van der Waals surface area contributed by atoms with E-state index < -0.39 is 12.1 Å². The number of aromatic hydroxyl groups is 1. The number of carbonyl (C=O) groups is 1. The molecule has 0 atom stereocenters. The van der Waals surface area contributed by atoms with E-state index in [4.69, 9.17) is 5.11 Å². The molecule has 0 aliphatic heterocycles. The summed E-state index contributed by atoms with van der Waals surface area (Å²) in [7, 11) is 0. The van der Waals surface area contributed by atoms with Gasteiger partial charge in [0, 0.05) is 6.54 Å². The lowest BCUT2D eigenvalue weighted by molar-refractivity contribution is -0.173. The smallest absolute Gasteiger partial charge is 0.471 e. The zero-order valence-electron chi connectivity index (χ0n) is 8.92. The summed E-state index contributed by atoms with van der Waals surface area (Å²) in [6.45, 7) is -0.0286. The average Bonchev–Trinajstić information content (AvgIpc) is 2.25. The highest BCUT2D eigenvalue weighted by atomic mass is 19.4. The Bertz CT molecular complexity index is 373. The second-order valence-corrected chi connectivity index (χ2v) is 3.52. The van der Waals surface area contributed by atoms with Gasteiger partial charge >= 0.3 is 12.1 Å². The quantitative estimate of drug-likeness (QED) is 0.799. The minimum atomic E-state index is -4.82. The minimum absolute atomic E-state index is 0.0286. The molecule has 1 aromatic carbocycles. The summed E-state index contributed by atoms with van der Waals surface area (Å²) in [5, 5.41) is 10.8. The fourth-order valence-electron chi connectivity index (χ4n) is 1.26. The van der Waals surface area contributed by atoms with Gasteiger partial charge in [0.1, 0.15) is 5.75 Å². The lowest BCUT2D eigenvalue weighted by atomic mass is 10.1. The van der Waals surface area contributed by atoms with Crippen molar-refractivity contribution >= 4 is 5.91 Å². The number of rotatable bonds is 4. The zero-order valence-corrected chi connectivity index (χ0v) is 8.92. The van der Waals surface area contributed by atoms with Crippen LogP contribution in [-0.4, -0.2) is 23.7 Å². The Kier molecular flexibility index (Phi) is 4.37. The molecule has 1 amide bonds. The highest BCUT2D eigenvalue weighted by Crippen LogP contribution is 2.14. The van der Waals surface area contributed by atoms with Crippen LogP contribution < -0.4 is 5.32 Å². The van der Waals surface area contributed by atoms with Crippen molar-refractivity contribution in [1.82, 2.24) is 5.32 Å². The van der Waals surface area contributed by atoms with Gasteiger partial charge in [-0.15, -0.1) is 0 Å². The summed E-state index contributed by atoms with van der Waals surface area (Å²) in [5.74, 6) is -1.78. The molecule has 2 N–H and O–H groups in total. The van der Waals surface area contributed by atoms with Crippen LogP contribution in [0.25, 0.3) is 0 Å². The summed E-state index contributed by atoms with van der Waals surface area (Å²) >= 11 is 0. The molecule has 1 aromatic rings. The first-order chi connectivity index (χ1) is 7.89. The molecule has 6 heteroatoms. The SMILES string of the molecule is O=C(NCCCc1ccc(O)cc1)C(F)(F)F. The maximum atomic E-state index is 11.8. The molecule has 0 spiro atoms. The third-order valence-corrected chi connectivity index (χ3v) is 2.12. The lowest BCUT2D eigenvalue weighted by Gasteiger charge is -2.07. The number of aryl methyl sites for hydroxylation is 1. The Balaban J connectivity index is 2.25. The molecule has 17 heavy (non-hydrogen) atoms. The number of hydrogen-bond donors (Lipinski definition) is 2. The fraction of sp³-hybridized carbons (Fsp3) is 0.364. The molecule has 0 unspecified atom stereocenters. The van der Waals surface area contributed by atoms with Crippen LogP contribution in [0.4, 0.5) is 13.2 Å². The molecular formula is C11H12F3NO2. The Morgan fingerprint density at radius 1 is 1.24 bits per heavy atom. The Morgan fingerprint density at radius 3 is 2.35 bits per heavy atom. The van der Waals surface area contributed by atoms with Gasteiger partial charge in [0.25, 0.3) is 0 Å². The molecule has 0 fully saturated rings. The molecule has 0 aliphatic carbocycles. The largest absolute Gasteiger partial charge is 0.508 e. The number of alkyl halides is 3. The van der Waals surface area contributed by atoms with Crippen LogP contribution in [0.2, 0.25) is 0 Å². The van der Waals surface area contributed by atoms with Crippen LogP contribution >= 0.6 is 0 Å². The van der Waals surface area contributed by atoms with E-state index in [0.29, 0.717) is 12.8 Å². The Labute approximate surface area is 96.3 Å². The van der Waals surface area contributed by atoms with Crippen LogP contribution in [0, 0.1) is 0 Å². The van der Waals surface area contributed by atoms with E-state index in [1.165, 1.54) is 12.1 Å². The minimum Gasteiger partial charge on any atom is -0.508 e. The number of hydrogen-bond acceptors (Lipinski definition) is 2. The summed E-state index contributed by atoms with van der Waals surface area (Å²) in [6, 6.07) is 6.37. The molecule has 0 saturated carbocycles. The van der Waals surface area contributed by atoms with Crippen molar-refractivity contribution in [3.8, 4) is 5.75 Å². The highest BCUT2D eigenvalue weighted by Gasteiger charge is 2.38. The van der Waals surface area contributed by atoms with Gasteiger partial charge < -0.3 is 10.4 Å². The second-order valence-electron chi connectivity index (χ2n) is 3.52. The van der Waals surface area contributed by atoms with Gasteiger partial charge in [-0.25, -0.2) is 0 Å². The lowest BCUT2D eigenvalue weighted by Crippen LogP contribution is -2.37. The zero-order chi connectivity index (χ0) is 12.9. The standard InChI is InChI=1S/C11H12F3NO2/c12-11(13,14)10(17)15-7-1-2-8-3-5-9(16)6-4-8/h3-6,16H,1-2,7H2,(H,15,17). The van der Waals surface area contributed by atoms with E-state index >= 15 is 0 Å². The number of nitrogens with one attached hydrogen (secondary N) is 1. The van der Waals surface area contributed by atoms with Gasteiger partial charge in [-0.05, 0) is 30.5 Å². The van der Waals surface area contributed by atoms with Gasteiger partial charge in [-0.3, -0.25) is 4.79 Å². The van der Waals surface area contributed by atoms with Crippen LogP contribution in [0.3, 0.4) is 0 Å². The van der Waals surface area contributed by atoms with Crippen molar-refractivity contribution in [2.45, 2.75) is 19.0 Å². The normalized spacial score (nSPS) is 11.2. The van der Waals surface area contributed by atoms with Gasteiger partial charge in [-0.1, -0.05) is 12.1 Å². The number of halogens is 3. The van der Waals surface area contributed by atoms with Gasteiger partial charge in [0.05, 0.1) is 0 Å². The molecule has 0 aliphatic rings. The van der Waals surface area contributed by atoms with Crippen LogP contribution in [0.5, 0.6) is 5.75 Å². The number of amides is 1. The maximum Gasteiger partial charge on any atom is 0.471 e. The average molecular weight is 247 g/mol. The topological polar surface area (TPSA) is 49.3 Å². The number of phenols is 1. The van der Waals surface area contributed by atoms with E-state index in [2.05, 4.69) is 0 Å². The third-order valence-electron chi connectivity index (χ3n) is 2.12. The first-order valence-corrected chi connectivity index (χ1v) is 5.02. The Morgan fingerprint density at radius 2 is 1.82 bits per heavy atom. The van der Waals surface area contributed by atoms with E-state index in [1.54, 1.807) is 17.4 Å². The van der Waals surface area contributed by atoms with Gasteiger partial charge in [0.15, 0.2) is 0 Å². The molecule has 0 bridgehead atoms. The van der Waals surface area contributed by atoms with Crippen molar-refractivity contribution < 1.29 is 23.1 Å². The molecule has 0 saturated heterocycles. The van der Waals surface area contributed by atoms with E-state index in [0.717, 1.165) is 5.56 Å². The Hall–Kier alpha value is -1.72. The summed E-state index contributed by atoms with van der Waals surface area (Å²) < 4.78 is 35.4. The summed E-state index contributed by atoms with van der Waals surface area (Å²) in [4.78, 5) is 10.5. The van der Waals surface area contributed by atoms with Gasteiger partial charge in [0.2, 0.25) is 0 Å². The predicted molar refractivity (Wildman–Crippen MR) is 55.5 cm³/mol. The first kappa shape index (κ1) is 13.3. The molecule has 0 aromatic heterocycles. The van der Waals surface area contributed by atoms with E-state index in [1.807, 2.05) is 0 Å². The van der Waals surface area contributed by atoms with Crippen LogP contribution in [0.15, 0.2) is 24.3 Å². The van der Waals surface area contributed by atoms with Gasteiger partial charge in [-0.2, -0.15) is 13.2 Å². The fourth-order valence-corrected chi connectivity index (χ4v) is 1.26. The molecule has 94 valence electrons. The van der Waals surface area contributed by atoms with Crippen molar-refractivity contribution in [1.29, 1.82) is 0 Å². The molecule has 1 rings (SSSR count). The maximum absolute atomic E-state index is 11.8. The summed E-state index contributed by atoms with van der Waals surface area (Å²) in [5.41, 5.74) is 0.893. The number of carbonyl (C=O) groups excluding carboxylic acids is 1. The monoisotopic (exact) mass is 247 g/mol. The first-order valence-electron chi connectivity index (χ1n) is 5.02. The number of phenolic OH excluding ortho intramolecular Hbond substituents is 1. The third kappa shape index (κ3) is 4.76. The van der Waals surface area contributed by atoms with Crippen molar-refractivity contribution in [3.05, 3.63) is 29.8 Å². The van der Waals surface area contributed by atoms with E-state index in [-0.39, 0.29) is 12.3 Å². The van der Waals surface area contributed by atoms with Crippen molar-refractivity contribution in [2.75, 3.05) is 6.54 Å². The molecule has 0 heterocycles.